The molecule has 4 rings (SSSR count). The van der Waals surface area contributed by atoms with Crippen LogP contribution in [0, 0.1) is 0 Å². The Kier molecular flexibility index (Phi) is 15.1. The molecule has 0 fully saturated rings. The third-order valence-corrected chi connectivity index (χ3v) is 9.54. The Morgan fingerprint density at radius 1 is 0.739 bits per heavy atom. The molecule has 5 nitrogen and oxygen atoms in total. The second kappa shape index (κ2) is 17.3. The van der Waals surface area contributed by atoms with E-state index in [-0.39, 0.29) is 31.7 Å². The van der Waals surface area contributed by atoms with Crippen LogP contribution >= 0.6 is 0 Å². The van der Waals surface area contributed by atoms with Crippen LogP contribution in [0.4, 0.5) is 22.0 Å². The van der Waals surface area contributed by atoms with Crippen LogP contribution in [-0.4, -0.2) is 36.5 Å². The van der Waals surface area contributed by atoms with Gasteiger partial charge in [-0.15, -0.1) is 0 Å². The lowest BCUT2D eigenvalue weighted by molar-refractivity contribution is -0.248. The molecule has 2 atom stereocenters. The molecule has 0 radical (unpaired) electrons. The minimum atomic E-state index is -6.71. The van der Waals surface area contributed by atoms with E-state index in [1.165, 1.54) is 26.8 Å². The first-order valence-electron chi connectivity index (χ1n) is 13.3. The average molecular weight is 685 g/mol. The summed E-state index contributed by atoms with van der Waals surface area (Å²) in [5, 5.41) is -5.86. The van der Waals surface area contributed by atoms with Crippen molar-refractivity contribution in [3.05, 3.63) is 126 Å². The lowest BCUT2D eigenvalue weighted by atomic mass is 9.98. The van der Waals surface area contributed by atoms with E-state index >= 15 is 0 Å². The molecule has 0 aliphatic heterocycles. The van der Waals surface area contributed by atoms with Gasteiger partial charge in [0.15, 0.2) is 24.8 Å². The van der Waals surface area contributed by atoms with Gasteiger partial charge in [0, 0.05) is 0 Å². The summed E-state index contributed by atoms with van der Waals surface area (Å²) in [6, 6.07) is 37.1. The molecular formula is C34H37F5O5S2. The van der Waals surface area contributed by atoms with Gasteiger partial charge in [0.2, 0.25) is 0 Å². The average Bonchev–Trinajstić information content (AvgIpc) is 3.00. The summed E-state index contributed by atoms with van der Waals surface area (Å²) in [6.45, 7) is 3.74. The summed E-state index contributed by atoms with van der Waals surface area (Å²) < 4.78 is 99.5. The van der Waals surface area contributed by atoms with Crippen molar-refractivity contribution in [3.8, 4) is 0 Å². The van der Waals surface area contributed by atoms with Crippen LogP contribution in [0.25, 0.3) is 0 Å². The number of hydrogen-bond acceptors (Lipinski definition) is 5. The number of rotatable bonds is 9. The van der Waals surface area contributed by atoms with Crippen molar-refractivity contribution >= 4 is 27.0 Å². The van der Waals surface area contributed by atoms with Gasteiger partial charge in [0.25, 0.3) is 6.10 Å². The number of halogens is 5. The van der Waals surface area contributed by atoms with Crippen LogP contribution < -0.4 is 0 Å². The number of carbonyl (C=O) groups is 1. The molecule has 0 spiro atoms. The predicted octanol–water partition coefficient (Wildman–Crippen LogP) is 9.48. The minimum Gasteiger partial charge on any atom is -0.743 e. The van der Waals surface area contributed by atoms with Gasteiger partial charge in [-0.05, 0) is 66.4 Å². The SMILES string of the molecule is C.C.CCC(C)c1ccc(C(=O)OC(C(F)(F)F)C(F)(F)S(=O)(=O)[O-])cc1.c1ccc([S+](c2ccccc2)c2ccccc2)cc1. The van der Waals surface area contributed by atoms with Crippen LogP contribution in [0.5, 0.6) is 0 Å². The van der Waals surface area contributed by atoms with Gasteiger partial charge in [-0.1, -0.05) is 95.4 Å². The molecule has 0 amide bonds. The lowest BCUT2D eigenvalue weighted by Crippen LogP contribution is -2.52. The quantitative estimate of drug-likeness (QED) is 0.0759. The maximum Gasteiger partial charge on any atom is 0.432 e. The van der Waals surface area contributed by atoms with Gasteiger partial charge in [-0.3, -0.25) is 0 Å². The van der Waals surface area contributed by atoms with E-state index < -0.39 is 39.2 Å². The fourth-order valence-electron chi connectivity index (χ4n) is 3.89. The monoisotopic (exact) mass is 684 g/mol. The van der Waals surface area contributed by atoms with Crippen LogP contribution in [0.3, 0.4) is 0 Å². The predicted molar refractivity (Wildman–Crippen MR) is 170 cm³/mol. The Balaban J connectivity index is 0.000000453. The molecule has 0 aromatic heterocycles. The zero-order valence-corrected chi connectivity index (χ0v) is 25.2. The highest BCUT2D eigenvalue weighted by molar-refractivity contribution is 7.97. The van der Waals surface area contributed by atoms with Gasteiger partial charge in [-0.2, -0.15) is 22.0 Å². The second-order valence-electron chi connectivity index (χ2n) is 9.52. The number of ether oxygens (including phenoxy) is 1. The van der Waals surface area contributed by atoms with Crippen molar-refractivity contribution in [1.82, 2.24) is 0 Å². The second-order valence-corrected chi connectivity index (χ2v) is 13.0. The number of alkyl halides is 5. The highest BCUT2D eigenvalue weighted by Gasteiger charge is 2.63. The standard InChI is InChI=1S/C18H15S.C14H15F5O5S.2CH4/c1-4-10-16(11-5-1)19(17-12-6-2-7-13-17)18-14-8-3-9-15-18;1-3-8(2)9-4-6-10(7-5-9)11(20)24-12(13(15,16)17)14(18,19)25(21,22)23;;/h1-15H;4-8,12H,3H2,1-2H3,(H,21,22,23);2*1H4/q+1;;;/p-1. The summed E-state index contributed by atoms with van der Waals surface area (Å²) in [4.78, 5) is 15.8. The molecule has 12 heteroatoms. The molecule has 0 saturated carbocycles. The molecule has 0 bridgehead atoms. The Labute approximate surface area is 270 Å². The summed E-state index contributed by atoms with van der Waals surface area (Å²) in [5.74, 6) is -1.75. The Morgan fingerprint density at radius 2 is 1.11 bits per heavy atom. The number of esters is 1. The van der Waals surface area contributed by atoms with Crippen LogP contribution in [-0.2, 0) is 25.7 Å². The number of carbonyl (C=O) groups excluding carboxylic acids is 1. The van der Waals surface area contributed by atoms with Gasteiger partial charge >= 0.3 is 17.4 Å². The van der Waals surface area contributed by atoms with Gasteiger partial charge in [0.05, 0.1) is 16.5 Å². The number of hydrogen-bond donors (Lipinski definition) is 0. The molecule has 46 heavy (non-hydrogen) atoms. The van der Waals surface area contributed by atoms with Gasteiger partial charge in [0.1, 0.15) is 0 Å². The topological polar surface area (TPSA) is 83.5 Å². The Hall–Kier alpha value is -3.74. The van der Waals surface area contributed by atoms with Crippen molar-refractivity contribution in [2.45, 2.75) is 73.3 Å². The first-order chi connectivity index (χ1) is 20.7. The van der Waals surface area contributed by atoms with E-state index in [2.05, 4.69) is 95.7 Å². The lowest BCUT2D eigenvalue weighted by Gasteiger charge is -2.29. The van der Waals surface area contributed by atoms with E-state index in [1.54, 1.807) is 0 Å². The van der Waals surface area contributed by atoms with Crippen LogP contribution in [0.15, 0.2) is 130 Å². The highest BCUT2D eigenvalue weighted by Crippen LogP contribution is 2.38. The van der Waals surface area contributed by atoms with Crippen molar-refractivity contribution in [3.63, 3.8) is 0 Å². The van der Waals surface area contributed by atoms with E-state index in [1.807, 2.05) is 13.8 Å². The van der Waals surface area contributed by atoms with Crippen LogP contribution in [0.1, 0.15) is 57.0 Å². The van der Waals surface area contributed by atoms with Crippen molar-refractivity contribution in [1.29, 1.82) is 0 Å². The molecule has 0 N–H and O–H groups in total. The third kappa shape index (κ3) is 10.4. The van der Waals surface area contributed by atoms with Crippen molar-refractivity contribution in [2.75, 3.05) is 0 Å². The minimum absolute atomic E-state index is 0. The molecule has 0 heterocycles. The maximum absolute atomic E-state index is 13.3. The zero-order chi connectivity index (χ0) is 32.5. The summed E-state index contributed by atoms with van der Waals surface area (Å²) in [7, 11) is -6.73. The van der Waals surface area contributed by atoms with E-state index in [0.29, 0.717) is 0 Å². The van der Waals surface area contributed by atoms with Gasteiger partial charge < -0.3 is 9.29 Å². The summed E-state index contributed by atoms with van der Waals surface area (Å²) in [5.41, 5.74) is 0.249. The fraction of sp³-hybridized carbons (Fsp3) is 0.265. The Morgan fingerprint density at radius 3 is 1.41 bits per heavy atom. The molecule has 4 aromatic carbocycles. The summed E-state index contributed by atoms with van der Waals surface area (Å²) >= 11 is 0. The smallest absolute Gasteiger partial charge is 0.432 e. The van der Waals surface area contributed by atoms with Crippen LogP contribution in [0.2, 0.25) is 0 Å². The first kappa shape index (κ1) is 40.3. The molecular weight excluding hydrogens is 647 g/mol. The van der Waals surface area contributed by atoms with Crippen molar-refractivity contribution in [2.24, 2.45) is 0 Å². The molecule has 0 saturated heterocycles. The van der Waals surface area contributed by atoms with E-state index in [9.17, 15) is 39.7 Å². The zero-order valence-electron chi connectivity index (χ0n) is 23.6. The molecule has 0 aliphatic rings. The van der Waals surface area contributed by atoms with E-state index in [0.717, 1.165) is 24.1 Å². The molecule has 2 unspecified atom stereocenters. The third-order valence-electron chi connectivity index (χ3n) is 6.43. The first-order valence-corrected chi connectivity index (χ1v) is 15.9. The van der Waals surface area contributed by atoms with Crippen molar-refractivity contribution < 1.29 is 44.5 Å². The molecule has 250 valence electrons. The normalized spacial score (nSPS) is 12.8. The fourth-order valence-corrected chi connectivity index (χ4v) is 6.44. The summed E-state index contributed by atoms with van der Waals surface area (Å²) in [6.07, 6.45) is -9.63. The number of benzene rings is 4. The molecule has 4 aromatic rings. The largest absolute Gasteiger partial charge is 0.743 e. The highest BCUT2D eigenvalue weighted by atomic mass is 32.2. The van der Waals surface area contributed by atoms with E-state index in [4.69, 9.17) is 0 Å². The Bertz CT molecular complexity index is 1490. The maximum atomic E-state index is 13.3. The molecule has 0 aliphatic carbocycles. The van der Waals surface area contributed by atoms with Gasteiger partial charge in [-0.25, -0.2) is 13.2 Å².